The number of ketones is 1. The minimum atomic E-state index is -0.476. The van der Waals surface area contributed by atoms with E-state index in [1.807, 2.05) is 26.0 Å². The zero-order chi connectivity index (χ0) is 26.0. The number of thioether (sulfide) groups is 1. The van der Waals surface area contributed by atoms with Crippen LogP contribution in [0.1, 0.15) is 27.0 Å². The maximum atomic E-state index is 12.5. The molecule has 0 spiro atoms. The van der Waals surface area contributed by atoms with Crippen LogP contribution in [0.25, 0.3) is 17.2 Å². The normalized spacial score (nSPS) is 11.3. The zero-order valence-electron chi connectivity index (χ0n) is 20.3. The lowest BCUT2D eigenvalue weighted by Gasteiger charge is -2.05. The Labute approximate surface area is 210 Å². The summed E-state index contributed by atoms with van der Waals surface area (Å²) in [5.74, 6) is -0.377. The van der Waals surface area contributed by atoms with Gasteiger partial charge < -0.3 is 10.3 Å². The molecule has 0 radical (unpaired) electrons. The third kappa shape index (κ3) is 5.23. The van der Waals surface area contributed by atoms with Gasteiger partial charge in [-0.15, -0.1) is 0 Å². The van der Waals surface area contributed by atoms with Crippen molar-refractivity contribution < 1.29 is 9.59 Å². The molecule has 2 N–H and O–H groups in total. The first-order chi connectivity index (χ1) is 17.1. The van der Waals surface area contributed by atoms with Gasteiger partial charge in [0.15, 0.2) is 22.1 Å². The van der Waals surface area contributed by atoms with E-state index in [-0.39, 0.29) is 28.6 Å². The molecule has 0 aliphatic heterocycles. The third-order valence-electron chi connectivity index (χ3n) is 5.71. The molecule has 0 saturated carbocycles. The van der Waals surface area contributed by atoms with Crippen molar-refractivity contribution in [1.82, 2.24) is 19.1 Å². The lowest BCUT2D eigenvalue weighted by atomic mass is 10.0. The number of anilines is 1. The summed E-state index contributed by atoms with van der Waals surface area (Å²) in [7, 11) is 2.92. The van der Waals surface area contributed by atoms with E-state index in [1.165, 1.54) is 24.2 Å². The molecule has 0 unspecified atom stereocenters. The number of rotatable bonds is 7. The number of aromatic nitrogens is 4. The SMILES string of the molecule is Cc1ccc(/C=C/C(=O)c2ccc(NC(=O)CSc3nc4c([nH]3)c(=O)n(C)c(=O)n4C)cc2)c(C)c1. The maximum Gasteiger partial charge on any atom is 0.332 e. The average molecular weight is 504 g/mol. The van der Waals surface area contributed by atoms with E-state index in [1.54, 1.807) is 36.4 Å². The number of fused-ring (bicyclic) bond motifs is 1. The molecule has 36 heavy (non-hydrogen) atoms. The van der Waals surface area contributed by atoms with Gasteiger partial charge >= 0.3 is 5.69 Å². The fraction of sp³-hybridized carbons (Fsp3) is 0.192. The summed E-state index contributed by atoms with van der Waals surface area (Å²) in [6, 6.07) is 12.7. The Hall–Kier alpha value is -4.18. The van der Waals surface area contributed by atoms with Crippen LogP contribution in [-0.4, -0.2) is 36.5 Å². The minimum Gasteiger partial charge on any atom is -0.327 e. The molecule has 0 aliphatic carbocycles. The quantitative estimate of drug-likeness (QED) is 0.227. The highest BCUT2D eigenvalue weighted by Gasteiger charge is 2.14. The second-order valence-corrected chi connectivity index (χ2v) is 9.38. The lowest BCUT2D eigenvalue weighted by molar-refractivity contribution is -0.113. The van der Waals surface area contributed by atoms with Crippen molar-refractivity contribution in [2.24, 2.45) is 14.1 Å². The van der Waals surface area contributed by atoms with Crippen molar-refractivity contribution in [3.63, 3.8) is 0 Å². The van der Waals surface area contributed by atoms with Gasteiger partial charge in [0.2, 0.25) is 5.91 Å². The van der Waals surface area contributed by atoms with Crippen molar-refractivity contribution in [3.05, 3.63) is 91.6 Å². The monoisotopic (exact) mass is 503 g/mol. The van der Waals surface area contributed by atoms with Crippen LogP contribution in [-0.2, 0) is 18.9 Å². The van der Waals surface area contributed by atoms with Crippen LogP contribution >= 0.6 is 11.8 Å². The number of hydrogen-bond acceptors (Lipinski definition) is 6. The Bertz CT molecular complexity index is 1630. The van der Waals surface area contributed by atoms with E-state index in [4.69, 9.17) is 0 Å². The van der Waals surface area contributed by atoms with E-state index in [2.05, 4.69) is 21.4 Å². The predicted octanol–water partition coefficient (Wildman–Crippen LogP) is 3.20. The molecular weight excluding hydrogens is 478 g/mol. The first-order valence-corrected chi connectivity index (χ1v) is 12.1. The summed E-state index contributed by atoms with van der Waals surface area (Å²) in [6.45, 7) is 4.03. The first kappa shape index (κ1) is 24.9. The zero-order valence-corrected chi connectivity index (χ0v) is 21.1. The standard InChI is InChI=1S/C26H25N5O4S/c1-15-5-6-17(16(2)13-15)9-12-20(32)18-7-10-19(11-8-18)27-21(33)14-36-25-28-22-23(29-25)30(3)26(35)31(4)24(22)34/h5-13H,14H2,1-4H3,(H,27,33)(H,28,29)/b12-9+. The largest absolute Gasteiger partial charge is 0.332 e. The lowest BCUT2D eigenvalue weighted by Crippen LogP contribution is -2.36. The number of benzene rings is 2. The van der Waals surface area contributed by atoms with Gasteiger partial charge in [-0.25, -0.2) is 9.78 Å². The molecule has 0 fully saturated rings. The number of carbonyl (C=O) groups is 2. The van der Waals surface area contributed by atoms with Gasteiger partial charge in [0.05, 0.1) is 5.75 Å². The number of allylic oxidation sites excluding steroid dienone is 1. The summed E-state index contributed by atoms with van der Waals surface area (Å²) >= 11 is 1.11. The Morgan fingerprint density at radius 1 is 1.06 bits per heavy atom. The number of aromatic amines is 1. The molecule has 2 aromatic heterocycles. The summed E-state index contributed by atoms with van der Waals surface area (Å²) in [6.07, 6.45) is 3.34. The molecule has 184 valence electrons. The number of H-pyrrole nitrogens is 1. The first-order valence-electron chi connectivity index (χ1n) is 11.1. The van der Waals surface area contributed by atoms with Crippen molar-refractivity contribution in [2.75, 3.05) is 11.1 Å². The molecule has 9 nitrogen and oxygen atoms in total. The fourth-order valence-electron chi connectivity index (χ4n) is 3.70. The van der Waals surface area contributed by atoms with Crippen LogP contribution in [0.15, 0.2) is 63.3 Å². The van der Waals surface area contributed by atoms with E-state index < -0.39 is 11.2 Å². The number of nitrogens with zero attached hydrogens (tertiary/aromatic N) is 3. The topological polar surface area (TPSA) is 119 Å². The molecular formula is C26H25N5O4S. The van der Waals surface area contributed by atoms with Crippen LogP contribution < -0.4 is 16.6 Å². The molecule has 0 saturated heterocycles. The van der Waals surface area contributed by atoms with Crippen molar-refractivity contribution in [1.29, 1.82) is 0 Å². The number of hydrogen-bond donors (Lipinski definition) is 2. The van der Waals surface area contributed by atoms with Gasteiger partial charge in [0.25, 0.3) is 5.56 Å². The van der Waals surface area contributed by atoms with Gasteiger partial charge in [-0.2, -0.15) is 0 Å². The molecule has 0 bridgehead atoms. The molecule has 0 atom stereocenters. The minimum absolute atomic E-state index is 0.0351. The van der Waals surface area contributed by atoms with E-state index in [0.29, 0.717) is 16.4 Å². The summed E-state index contributed by atoms with van der Waals surface area (Å²) in [5.41, 5.74) is 3.81. The third-order valence-corrected chi connectivity index (χ3v) is 6.58. The van der Waals surface area contributed by atoms with E-state index >= 15 is 0 Å². The molecule has 4 rings (SSSR count). The molecule has 0 aliphatic rings. The van der Waals surface area contributed by atoms with Crippen LogP contribution in [0.4, 0.5) is 5.69 Å². The van der Waals surface area contributed by atoms with Crippen LogP contribution in [0, 0.1) is 13.8 Å². The Morgan fingerprint density at radius 3 is 2.47 bits per heavy atom. The number of nitrogens with one attached hydrogen (secondary N) is 2. The number of aryl methyl sites for hydroxylation is 3. The van der Waals surface area contributed by atoms with Gasteiger partial charge in [-0.1, -0.05) is 41.6 Å². The second-order valence-electron chi connectivity index (χ2n) is 8.42. The highest BCUT2D eigenvalue weighted by molar-refractivity contribution is 7.99. The molecule has 2 aromatic carbocycles. The molecule has 2 heterocycles. The number of carbonyl (C=O) groups excluding carboxylic acids is 2. The van der Waals surface area contributed by atoms with Crippen molar-refractivity contribution >= 4 is 46.4 Å². The molecule has 10 heteroatoms. The summed E-state index contributed by atoms with van der Waals surface area (Å²) < 4.78 is 2.27. The van der Waals surface area contributed by atoms with Crippen molar-refractivity contribution in [3.8, 4) is 0 Å². The Morgan fingerprint density at radius 2 is 1.78 bits per heavy atom. The summed E-state index contributed by atoms with van der Waals surface area (Å²) in [5, 5.41) is 3.13. The van der Waals surface area contributed by atoms with Gasteiger partial charge in [0, 0.05) is 25.3 Å². The van der Waals surface area contributed by atoms with Crippen LogP contribution in [0.2, 0.25) is 0 Å². The van der Waals surface area contributed by atoms with E-state index in [0.717, 1.165) is 27.5 Å². The average Bonchev–Trinajstić information content (AvgIpc) is 3.29. The van der Waals surface area contributed by atoms with Crippen LogP contribution in [0.3, 0.4) is 0 Å². The van der Waals surface area contributed by atoms with Gasteiger partial charge in [-0.3, -0.25) is 23.5 Å². The maximum absolute atomic E-state index is 12.5. The van der Waals surface area contributed by atoms with Gasteiger partial charge in [-0.05, 0) is 55.3 Å². The predicted molar refractivity (Wildman–Crippen MR) is 142 cm³/mol. The Kier molecular flexibility index (Phi) is 7.07. The molecule has 1 amide bonds. The van der Waals surface area contributed by atoms with Crippen LogP contribution in [0.5, 0.6) is 0 Å². The van der Waals surface area contributed by atoms with Crippen molar-refractivity contribution in [2.45, 2.75) is 19.0 Å². The number of imidazole rings is 1. The molecule has 4 aromatic rings. The Balaban J connectivity index is 1.36. The highest BCUT2D eigenvalue weighted by Crippen LogP contribution is 2.18. The number of amides is 1. The smallest absolute Gasteiger partial charge is 0.327 e. The highest BCUT2D eigenvalue weighted by atomic mass is 32.2. The fourth-order valence-corrected chi connectivity index (χ4v) is 4.36. The van der Waals surface area contributed by atoms with E-state index in [9.17, 15) is 19.2 Å². The summed E-state index contributed by atoms with van der Waals surface area (Å²) in [4.78, 5) is 56.4. The van der Waals surface area contributed by atoms with Gasteiger partial charge in [0.1, 0.15) is 0 Å². The second kappa shape index (κ2) is 10.2.